The smallest absolute Gasteiger partial charge is 0.303 e. The van der Waals surface area contributed by atoms with Gasteiger partial charge < -0.3 is 21.9 Å². The van der Waals surface area contributed by atoms with E-state index in [1.807, 2.05) is 0 Å². The number of nitrogens with zero attached hydrogens (tertiary/aromatic N) is 1. The lowest BCUT2D eigenvalue weighted by atomic mass is 9.83. The van der Waals surface area contributed by atoms with Crippen LogP contribution in [0.4, 0.5) is 14.5 Å². The van der Waals surface area contributed by atoms with Gasteiger partial charge in [0.1, 0.15) is 5.83 Å². The van der Waals surface area contributed by atoms with Crippen molar-refractivity contribution in [3.05, 3.63) is 88.8 Å². The summed E-state index contributed by atoms with van der Waals surface area (Å²) in [5.41, 5.74) is 10.6. The van der Waals surface area contributed by atoms with Crippen molar-refractivity contribution in [2.75, 3.05) is 0 Å². The van der Waals surface area contributed by atoms with Gasteiger partial charge in [-0.05, 0) is 47.9 Å². The Kier molecular flexibility index (Phi) is 7.22. The number of allylic oxidation sites excluding steroid dienone is 4. The van der Waals surface area contributed by atoms with E-state index >= 15 is 4.39 Å². The van der Waals surface area contributed by atoms with Crippen molar-refractivity contribution < 1.29 is 23.5 Å². The molecule has 0 heterocycles. The van der Waals surface area contributed by atoms with E-state index in [-0.39, 0.29) is 43.2 Å². The third kappa shape index (κ3) is 6.49. The lowest BCUT2D eigenvalue weighted by Gasteiger charge is -2.27. The minimum Gasteiger partial charge on any atom is -0.481 e. The molecule has 1 aliphatic rings. The van der Waals surface area contributed by atoms with Gasteiger partial charge in [0.15, 0.2) is 11.6 Å². The second-order valence-electron chi connectivity index (χ2n) is 7.73. The van der Waals surface area contributed by atoms with Gasteiger partial charge in [-0.1, -0.05) is 35.9 Å². The van der Waals surface area contributed by atoms with Crippen molar-refractivity contribution in [2.45, 2.75) is 31.5 Å². The van der Waals surface area contributed by atoms with Crippen molar-refractivity contribution in [3.63, 3.8) is 0 Å². The van der Waals surface area contributed by atoms with Gasteiger partial charge in [0.2, 0.25) is 0 Å². The van der Waals surface area contributed by atoms with Crippen molar-refractivity contribution in [1.82, 2.24) is 5.32 Å². The van der Waals surface area contributed by atoms with Gasteiger partial charge in [-0.3, -0.25) is 9.59 Å². The molecule has 7 nitrogen and oxygen atoms in total. The van der Waals surface area contributed by atoms with Gasteiger partial charge in [0, 0.05) is 24.9 Å². The van der Waals surface area contributed by atoms with E-state index in [4.69, 9.17) is 16.6 Å². The summed E-state index contributed by atoms with van der Waals surface area (Å²) in [5, 5.41) is 11.6. The van der Waals surface area contributed by atoms with Gasteiger partial charge in [-0.2, -0.15) is 0 Å². The number of nitrogens with two attached hydrogens (primary N) is 2. The summed E-state index contributed by atoms with van der Waals surface area (Å²) in [6.45, 7) is 0.114. The molecular formula is C24H24F2N4O3. The summed E-state index contributed by atoms with van der Waals surface area (Å²) in [6.07, 6.45) is 1.80. The first-order valence-corrected chi connectivity index (χ1v) is 10.2. The van der Waals surface area contributed by atoms with E-state index in [2.05, 4.69) is 10.3 Å². The maximum absolute atomic E-state index is 15.7. The van der Waals surface area contributed by atoms with Crippen molar-refractivity contribution in [1.29, 1.82) is 0 Å². The number of halogens is 2. The predicted molar refractivity (Wildman–Crippen MR) is 121 cm³/mol. The van der Waals surface area contributed by atoms with Gasteiger partial charge >= 0.3 is 5.97 Å². The molecule has 0 spiro atoms. The number of hydrogen-bond donors (Lipinski definition) is 4. The zero-order valence-electron chi connectivity index (χ0n) is 17.7. The van der Waals surface area contributed by atoms with Crippen LogP contribution < -0.4 is 16.8 Å². The van der Waals surface area contributed by atoms with Crippen LogP contribution in [0.25, 0.3) is 0 Å². The van der Waals surface area contributed by atoms with E-state index in [1.54, 1.807) is 36.4 Å². The quantitative estimate of drug-likeness (QED) is 0.357. The molecular weight excluding hydrogens is 430 g/mol. The normalized spacial score (nSPS) is 17.5. The van der Waals surface area contributed by atoms with Crippen molar-refractivity contribution in [2.24, 2.45) is 16.5 Å². The number of hydrogen-bond acceptors (Lipinski definition) is 3. The number of nitrogens with one attached hydrogen (secondary N) is 1. The third-order valence-corrected chi connectivity index (χ3v) is 5.08. The first-order valence-electron chi connectivity index (χ1n) is 10.2. The summed E-state index contributed by atoms with van der Waals surface area (Å²) in [6, 6.07) is 12.9. The van der Waals surface area contributed by atoms with Crippen LogP contribution in [-0.2, 0) is 17.0 Å². The number of rotatable bonds is 8. The Morgan fingerprint density at radius 1 is 1.15 bits per heavy atom. The van der Waals surface area contributed by atoms with Gasteiger partial charge in [0.25, 0.3) is 5.91 Å². The maximum Gasteiger partial charge on any atom is 0.303 e. The number of aliphatic carboxylic acids is 1. The SMILES string of the molecule is NC(N)=Nc1cccc(C(=O)NCc2cccc(C3(F)C=C(F)C=C(CCC(=O)O)C3)c2)c1. The average molecular weight is 454 g/mol. The highest BCUT2D eigenvalue weighted by Crippen LogP contribution is 2.40. The van der Waals surface area contributed by atoms with Crippen LogP contribution in [-0.4, -0.2) is 22.9 Å². The Morgan fingerprint density at radius 2 is 1.91 bits per heavy atom. The molecule has 1 atom stereocenters. The molecule has 0 saturated carbocycles. The monoisotopic (exact) mass is 454 g/mol. The molecule has 3 rings (SSSR count). The first kappa shape index (κ1) is 23.6. The lowest BCUT2D eigenvalue weighted by molar-refractivity contribution is -0.137. The van der Waals surface area contributed by atoms with Gasteiger partial charge in [0.05, 0.1) is 5.69 Å². The van der Waals surface area contributed by atoms with Crippen LogP contribution in [0.3, 0.4) is 0 Å². The number of benzene rings is 2. The highest BCUT2D eigenvalue weighted by atomic mass is 19.1. The van der Waals surface area contributed by atoms with Crippen LogP contribution >= 0.6 is 0 Å². The van der Waals surface area contributed by atoms with Crippen molar-refractivity contribution in [3.8, 4) is 0 Å². The summed E-state index contributed by atoms with van der Waals surface area (Å²) in [5.74, 6) is -2.27. The number of carboxylic acid groups (broad SMARTS) is 1. The lowest BCUT2D eigenvalue weighted by Crippen LogP contribution is -2.24. The number of carbonyl (C=O) groups excluding carboxylic acids is 1. The molecule has 1 unspecified atom stereocenters. The molecule has 1 amide bonds. The molecule has 33 heavy (non-hydrogen) atoms. The van der Waals surface area contributed by atoms with Gasteiger partial charge in [-0.25, -0.2) is 13.8 Å². The fourth-order valence-corrected chi connectivity index (χ4v) is 3.59. The van der Waals surface area contributed by atoms with Crippen LogP contribution in [0.2, 0.25) is 0 Å². The Morgan fingerprint density at radius 3 is 2.64 bits per heavy atom. The highest BCUT2D eigenvalue weighted by Gasteiger charge is 2.34. The third-order valence-electron chi connectivity index (χ3n) is 5.08. The van der Waals surface area contributed by atoms with E-state index in [9.17, 15) is 14.0 Å². The molecule has 172 valence electrons. The molecule has 0 bridgehead atoms. The van der Waals surface area contributed by atoms with Crippen LogP contribution in [0.15, 0.2) is 77.1 Å². The fourth-order valence-electron chi connectivity index (χ4n) is 3.59. The Labute approximate surface area is 189 Å². The number of amides is 1. The number of carboxylic acids is 1. The molecule has 9 heteroatoms. The molecule has 0 radical (unpaired) electrons. The molecule has 0 aromatic heterocycles. The Bertz CT molecular complexity index is 1160. The zero-order valence-corrected chi connectivity index (χ0v) is 17.7. The molecule has 0 fully saturated rings. The Hall–Kier alpha value is -4.01. The standard InChI is InChI=1S/C24H24F2N4O3/c25-19-10-15(7-8-21(31)32)12-24(26,13-19)18-5-1-3-16(9-18)14-29-22(33)17-4-2-6-20(11-17)30-23(27)28/h1-6,9-11,13H,7-8,12,14H2,(H,29,33)(H,31,32)(H4,27,28,30). The summed E-state index contributed by atoms with van der Waals surface area (Å²) in [7, 11) is 0. The number of alkyl halides is 1. The van der Waals surface area contributed by atoms with Gasteiger partial charge in [-0.15, -0.1) is 0 Å². The highest BCUT2D eigenvalue weighted by molar-refractivity contribution is 5.95. The van der Waals surface area contributed by atoms with E-state index < -0.39 is 17.5 Å². The van der Waals surface area contributed by atoms with Crippen molar-refractivity contribution >= 4 is 23.5 Å². The Balaban J connectivity index is 1.71. The molecule has 0 aliphatic heterocycles. The average Bonchev–Trinajstić information content (AvgIpc) is 2.75. The number of aliphatic imine (C=N–C) groups is 1. The maximum atomic E-state index is 15.7. The van der Waals surface area contributed by atoms with E-state index in [1.165, 1.54) is 18.2 Å². The molecule has 6 N–H and O–H groups in total. The van der Waals surface area contributed by atoms with Crippen LogP contribution in [0.5, 0.6) is 0 Å². The summed E-state index contributed by atoms with van der Waals surface area (Å²) in [4.78, 5) is 27.2. The number of guanidine groups is 1. The molecule has 0 saturated heterocycles. The second-order valence-corrected chi connectivity index (χ2v) is 7.73. The topological polar surface area (TPSA) is 131 Å². The van der Waals surface area contributed by atoms with Crippen LogP contribution in [0, 0.1) is 0 Å². The molecule has 1 aliphatic carbocycles. The number of carbonyl (C=O) groups is 2. The first-order chi connectivity index (χ1) is 15.6. The molecule has 2 aromatic carbocycles. The van der Waals surface area contributed by atoms with E-state index in [0.29, 0.717) is 22.4 Å². The fraction of sp³-hybridized carbons (Fsp3) is 0.208. The van der Waals surface area contributed by atoms with E-state index in [0.717, 1.165) is 6.08 Å². The predicted octanol–water partition coefficient (Wildman–Crippen LogP) is 3.73. The van der Waals surface area contributed by atoms with Crippen LogP contribution in [0.1, 0.15) is 40.7 Å². The summed E-state index contributed by atoms with van der Waals surface area (Å²) < 4.78 is 29.8. The largest absolute Gasteiger partial charge is 0.481 e. The minimum absolute atomic E-state index is 0.0664. The minimum atomic E-state index is -2.11. The second kappa shape index (κ2) is 10.1. The zero-order chi connectivity index (χ0) is 24.0. The summed E-state index contributed by atoms with van der Waals surface area (Å²) >= 11 is 0. The molecule has 2 aromatic rings.